The zero-order valence-corrected chi connectivity index (χ0v) is 8.43. The molecule has 1 aromatic rings. The first-order chi connectivity index (χ1) is 7.25. The average Bonchev–Trinajstić information content (AvgIpc) is 2.64. The van der Waals surface area contributed by atoms with Crippen molar-refractivity contribution in [2.45, 2.75) is 25.2 Å². The second kappa shape index (κ2) is 4.12. The Morgan fingerprint density at radius 1 is 1.62 bits per heavy atom. The average molecular weight is 236 g/mol. The van der Waals surface area contributed by atoms with Gasteiger partial charge in [-0.25, -0.2) is 0 Å². The number of alkyl halides is 3. The molecule has 1 amide bonds. The molecule has 1 rings (SSSR count). The minimum atomic E-state index is -4.78. The largest absolute Gasteiger partial charge is 0.415 e. The van der Waals surface area contributed by atoms with Crippen molar-refractivity contribution in [2.24, 2.45) is 5.73 Å². The number of rotatable bonds is 3. The molecule has 0 fully saturated rings. The summed E-state index contributed by atoms with van der Waals surface area (Å²) in [7, 11) is 0. The highest BCUT2D eigenvalue weighted by molar-refractivity contribution is 5.86. The molecular weight excluding hydrogens is 225 g/mol. The number of carbonyl (C=O) groups excluding carboxylic acids is 1. The third-order valence-corrected chi connectivity index (χ3v) is 2.07. The Hall–Kier alpha value is -1.57. The number of aromatic nitrogens is 2. The van der Waals surface area contributed by atoms with Crippen LogP contribution in [0.3, 0.4) is 0 Å². The lowest BCUT2D eigenvalue weighted by atomic mass is 10.0. The first-order valence-electron chi connectivity index (χ1n) is 4.36. The summed E-state index contributed by atoms with van der Waals surface area (Å²) in [4.78, 5) is 11.2. The number of nitrogens with two attached hydrogens (primary N) is 1. The van der Waals surface area contributed by atoms with E-state index in [9.17, 15) is 18.0 Å². The normalized spacial score (nSPS) is 15.6. The molecule has 1 aromatic heterocycles. The van der Waals surface area contributed by atoms with E-state index in [0.717, 1.165) is 0 Å². The van der Waals surface area contributed by atoms with Gasteiger partial charge in [-0.1, -0.05) is 0 Å². The molecule has 0 saturated heterocycles. The second-order valence-corrected chi connectivity index (χ2v) is 3.49. The monoisotopic (exact) mass is 236 g/mol. The van der Waals surface area contributed by atoms with E-state index in [2.05, 4.69) is 15.5 Å². The fourth-order valence-corrected chi connectivity index (χ4v) is 0.869. The van der Waals surface area contributed by atoms with Crippen LogP contribution in [0.15, 0.2) is 12.4 Å². The van der Waals surface area contributed by atoms with Crippen LogP contribution in [-0.2, 0) is 11.3 Å². The molecule has 0 aliphatic rings. The molecule has 0 radical (unpaired) electrons. The predicted octanol–water partition coefficient (Wildman–Crippen LogP) is 0.306. The van der Waals surface area contributed by atoms with Crippen molar-refractivity contribution in [1.82, 2.24) is 15.5 Å². The van der Waals surface area contributed by atoms with E-state index >= 15 is 0 Å². The van der Waals surface area contributed by atoms with Crippen LogP contribution in [-0.4, -0.2) is 27.8 Å². The molecule has 0 bridgehead atoms. The summed E-state index contributed by atoms with van der Waals surface area (Å²) >= 11 is 0. The lowest BCUT2D eigenvalue weighted by molar-refractivity contribution is -0.187. The summed E-state index contributed by atoms with van der Waals surface area (Å²) in [6, 6.07) is 0. The molecule has 5 nitrogen and oxygen atoms in total. The van der Waals surface area contributed by atoms with Gasteiger partial charge in [-0.2, -0.15) is 18.3 Å². The van der Waals surface area contributed by atoms with Gasteiger partial charge in [0.1, 0.15) is 0 Å². The van der Waals surface area contributed by atoms with Gasteiger partial charge >= 0.3 is 6.18 Å². The Morgan fingerprint density at radius 3 is 2.69 bits per heavy atom. The van der Waals surface area contributed by atoms with E-state index in [1.807, 2.05) is 0 Å². The molecular formula is C8H11F3N4O. The van der Waals surface area contributed by atoms with Gasteiger partial charge < -0.3 is 11.1 Å². The van der Waals surface area contributed by atoms with Crippen LogP contribution in [0.25, 0.3) is 0 Å². The van der Waals surface area contributed by atoms with Crippen LogP contribution in [0, 0.1) is 0 Å². The van der Waals surface area contributed by atoms with Gasteiger partial charge in [-0.15, -0.1) is 0 Å². The van der Waals surface area contributed by atoms with Crippen molar-refractivity contribution in [3.63, 3.8) is 0 Å². The molecule has 1 unspecified atom stereocenters. The molecule has 1 heterocycles. The highest BCUT2D eigenvalue weighted by Crippen LogP contribution is 2.27. The second-order valence-electron chi connectivity index (χ2n) is 3.49. The van der Waals surface area contributed by atoms with Crippen LogP contribution in [0.5, 0.6) is 0 Å². The number of nitrogens with one attached hydrogen (secondary N) is 2. The van der Waals surface area contributed by atoms with Crippen LogP contribution < -0.4 is 11.1 Å². The van der Waals surface area contributed by atoms with E-state index in [1.54, 1.807) is 0 Å². The molecule has 0 spiro atoms. The molecule has 0 aliphatic carbocycles. The smallest absolute Gasteiger partial charge is 0.350 e. The third-order valence-electron chi connectivity index (χ3n) is 2.07. The lowest BCUT2D eigenvalue weighted by Crippen LogP contribution is -2.61. The topological polar surface area (TPSA) is 83.8 Å². The molecule has 16 heavy (non-hydrogen) atoms. The molecule has 0 aromatic carbocycles. The molecule has 0 saturated carbocycles. The zero-order valence-electron chi connectivity index (χ0n) is 8.43. The Kier molecular flexibility index (Phi) is 3.22. The number of H-pyrrole nitrogens is 1. The summed E-state index contributed by atoms with van der Waals surface area (Å²) in [6.07, 6.45) is -1.93. The molecule has 90 valence electrons. The highest BCUT2D eigenvalue weighted by Gasteiger charge is 2.53. The summed E-state index contributed by atoms with van der Waals surface area (Å²) < 4.78 is 37.0. The Balaban J connectivity index is 2.59. The van der Waals surface area contributed by atoms with E-state index in [-0.39, 0.29) is 6.54 Å². The van der Waals surface area contributed by atoms with Gasteiger partial charge in [0.2, 0.25) is 5.91 Å². The molecule has 1 atom stereocenters. The minimum Gasteiger partial charge on any atom is -0.350 e. The van der Waals surface area contributed by atoms with E-state index in [0.29, 0.717) is 12.5 Å². The fourth-order valence-electron chi connectivity index (χ4n) is 0.869. The first kappa shape index (κ1) is 12.5. The summed E-state index contributed by atoms with van der Waals surface area (Å²) in [6.45, 7) is 0.565. The third kappa shape index (κ3) is 2.51. The highest BCUT2D eigenvalue weighted by atomic mass is 19.4. The molecule has 4 N–H and O–H groups in total. The van der Waals surface area contributed by atoms with Crippen molar-refractivity contribution in [3.05, 3.63) is 18.0 Å². The van der Waals surface area contributed by atoms with Crippen molar-refractivity contribution >= 4 is 5.91 Å². The summed E-state index contributed by atoms with van der Waals surface area (Å²) in [5.41, 5.74) is 2.59. The van der Waals surface area contributed by atoms with Crippen LogP contribution >= 0.6 is 0 Å². The number of carbonyl (C=O) groups is 1. The fraction of sp³-hybridized carbons (Fsp3) is 0.500. The summed E-state index contributed by atoms with van der Waals surface area (Å²) in [5.74, 6) is -1.28. The van der Waals surface area contributed by atoms with Crippen molar-refractivity contribution < 1.29 is 18.0 Å². The number of aromatic amines is 1. The maximum absolute atomic E-state index is 12.3. The van der Waals surface area contributed by atoms with Crippen LogP contribution in [0.2, 0.25) is 0 Å². The first-order valence-corrected chi connectivity index (χ1v) is 4.36. The van der Waals surface area contributed by atoms with E-state index in [1.165, 1.54) is 12.4 Å². The number of nitrogens with zero attached hydrogens (tertiary/aromatic N) is 1. The number of hydrogen-bond donors (Lipinski definition) is 3. The number of halogens is 3. The molecule has 8 heteroatoms. The van der Waals surface area contributed by atoms with Gasteiger partial charge in [0.05, 0.1) is 6.20 Å². The number of amides is 1. The van der Waals surface area contributed by atoms with Gasteiger partial charge in [0.15, 0.2) is 5.54 Å². The van der Waals surface area contributed by atoms with Crippen LogP contribution in [0.1, 0.15) is 12.5 Å². The van der Waals surface area contributed by atoms with E-state index < -0.39 is 17.6 Å². The van der Waals surface area contributed by atoms with Crippen molar-refractivity contribution in [3.8, 4) is 0 Å². The maximum Gasteiger partial charge on any atom is 0.415 e. The van der Waals surface area contributed by atoms with Gasteiger partial charge in [0, 0.05) is 18.3 Å². The van der Waals surface area contributed by atoms with Gasteiger partial charge in [0.25, 0.3) is 0 Å². The Morgan fingerprint density at radius 2 is 2.25 bits per heavy atom. The number of hydrogen-bond acceptors (Lipinski definition) is 3. The SMILES string of the molecule is CC(N)(C(=O)NCc1cn[nH]c1)C(F)(F)F. The summed E-state index contributed by atoms with van der Waals surface area (Å²) in [5, 5.41) is 8.14. The van der Waals surface area contributed by atoms with E-state index in [4.69, 9.17) is 5.73 Å². The Bertz CT molecular complexity index is 358. The lowest BCUT2D eigenvalue weighted by Gasteiger charge is -2.25. The standard InChI is InChI=1S/C8H11F3N4O/c1-7(12,8(9,10)11)6(16)13-2-5-3-14-15-4-5/h3-4H,2,12H2,1H3,(H,13,16)(H,14,15). The zero-order chi connectivity index (χ0) is 12.4. The molecule has 0 aliphatic heterocycles. The van der Waals surface area contributed by atoms with Crippen molar-refractivity contribution in [1.29, 1.82) is 0 Å². The van der Waals surface area contributed by atoms with Crippen LogP contribution in [0.4, 0.5) is 13.2 Å². The quantitative estimate of drug-likeness (QED) is 0.706. The van der Waals surface area contributed by atoms with Gasteiger partial charge in [-0.05, 0) is 6.92 Å². The maximum atomic E-state index is 12.3. The van der Waals surface area contributed by atoms with Gasteiger partial charge in [-0.3, -0.25) is 9.89 Å². The van der Waals surface area contributed by atoms with Crippen molar-refractivity contribution in [2.75, 3.05) is 0 Å². The predicted molar refractivity (Wildman–Crippen MR) is 49.1 cm³/mol. The Labute approximate surface area is 89.2 Å². The minimum absolute atomic E-state index is 0.0573.